The van der Waals surface area contributed by atoms with Crippen LogP contribution in [0.2, 0.25) is 0 Å². The van der Waals surface area contributed by atoms with Gasteiger partial charge in [-0.2, -0.15) is 16.9 Å². The van der Waals surface area contributed by atoms with E-state index in [9.17, 15) is 72.2 Å². The van der Waals surface area contributed by atoms with Gasteiger partial charge in [-0.1, -0.05) is 39.5 Å². The molecule has 3 heterocycles. The van der Waals surface area contributed by atoms with Crippen molar-refractivity contribution in [1.82, 2.24) is 40.8 Å². The molecule has 0 bridgehead atoms. The van der Waals surface area contributed by atoms with Gasteiger partial charge >= 0.3 is 29.4 Å². The number of nitrogens with one attached hydrogen (secondary N) is 4. The quantitative estimate of drug-likeness (QED) is 0.0224. The molecule has 10 atom stereocenters. The number of carboxylic acid groups (broad SMARTS) is 1. The van der Waals surface area contributed by atoms with Crippen LogP contribution in [0.15, 0.2) is 12.7 Å². The first-order valence-electron chi connectivity index (χ1n) is 21.1. The number of thiol groups is 1. The third kappa shape index (κ3) is 19.6. The van der Waals surface area contributed by atoms with Crippen molar-refractivity contribution in [1.29, 1.82) is 0 Å². The van der Waals surface area contributed by atoms with Crippen LogP contribution in [0.1, 0.15) is 59.6 Å². The lowest BCUT2D eigenvalue weighted by Gasteiger charge is -2.30. The molecular weight excluding hydrogens is 1050 g/mol. The van der Waals surface area contributed by atoms with Crippen LogP contribution in [0.25, 0.3) is 11.2 Å². The van der Waals surface area contributed by atoms with Crippen molar-refractivity contribution in [3.8, 4) is 0 Å². The predicted octanol–water partition coefficient (Wildman–Crippen LogP) is -2.20. The number of nitrogens with two attached hydrogens (primary N) is 2. The first kappa shape index (κ1) is 61.6. The van der Waals surface area contributed by atoms with Crippen molar-refractivity contribution >= 4 is 99.6 Å². The number of hydrogen-bond acceptors (Lipinski definition) is 23. The Labute approximate surface area is 414 Å². The minimum Gasteiger partial charge on any atom is -0.480 e. The molecule has 36 heteroatoms. The fourth-order valence-electron chi connectivity index (χ4n) is 6.19. The second-order valence-electron chi connectivity index (χ2n) is 16.6. The number of carbonyl (C=O) groups is 6. The number of nitrogens with zero attached hydrogens (tertiary/aromatic N) is 4. The summed E-state index contributed by atoms with van der Waals surface area (Å²) < 4.78 is 62.4. The summed E-state index contributed by atoms with van der Waals surface area (Å²) in [5, 5.41) is 40.0. The number of phosphoric acid groups is 3. The Morgan fingerprint density at radius 1 is 0.958 bits per heavy atom. The van der Waals surface area contributed by atoms with E-state index >= 15 is 0 Å². The number of carboxylic acids is 1. The molecule has 1 fully saturated rings. The average molecular weight is 1110 g/mol. The maximum Gasteiger partial charge on any atom is 0.481 e. The molecule has 1 aliphatic rings. The van der Waals surface area contributed by atoms with Crippen LogP contribution >= 0.6 is 47.9 Å². The van der Waals surface area contributed by atoms with Gasteiger partial charge in [-0.05, 0) is 18.8 Å². The number of aliphatic hydroxyl groups excluding tert-OH is 2. The molecule has 15 N–H and O–H groups in total. The Balaban J connectivity index is 1.42. The molecule has 1 saturated heterocycles. The number of hydrogen-bond donors (Lipinski definition) is 14. The summed E-state index contributed by atoms with van der Waals surface area (Å²) >= 11 is 4.92. The van der Waals surface area contributed by atoms with E-state index in [4.69, 9.17) is 30.4 Å². The second kappa shape index (κ2) is 27.0. The highest BCUT2D eigenvalue weighted by molar-refractivity contribution is 8.13. The van der Waals surface area contributed by atoms with Gasteiger partial charge in [-0.25, -0.2) is 28.6 Å². The summed E-state index contributed by atoms with van der Waals surface area (Å²) in [6.45, 7) is 3.36. The lowest BCUT2D eigenvalue weighted by Crippen LogP contribution is -2.53. The Morgan fingerprint density at radius 2 is 1.62 bits per heavy atom. The third-order valence-corrected chi connectivity index (χ3v) is 14.4. The number of thioether (sulfide) groups is 1. The smallest absolute Gasteiger partial charge is 0.480 e. The Kier molecular flexibility index (Phi) is 23.4. The largest absolute Gasteiger partial charge is 0.481 e. The highest BCUT2D eigenvalue weighted by atomic mass is 32.2. The van der Waals surface area contributed by atoms with Crippen LogP contribution in [0.5, 0.6) is 0 Å². The summed E-state index contributed by atoms with van der Waals surface area (Å²) in [6.07, 6.45) is -7.17. The SMILES string of the molecule is CC(C)C(NC(=O)C(CS)NC(=O)CCCC(N)C(=O)O)C(=O)SCCNC(=O)CCNC(=O)C(O)C(C)(C)COP(=O)(O)OP(=O)(O)OCC1OC(n2cnc3c(N)ncnc32)C(O)C1OP(=O)(O)O. The molecule has 0 spiro atoms. The number of anilines is 1. The third-order valence-electron chi connectivity index (χ3n) is 10.0. The van der Waals surface area contributed by atoms with Crippen molar-refractivity contribution in [2.75, 3.05) is 43.5 Å². The molecule has 71 heavy (non-hydrogen) atoms. The number of imidazole rings is 1. The maximum absolute atomic E-state index is 13.0. The predicted molar refractivity (Wildman–Crippen MR) is 249 cm³/mol. The van der Waals surface area contributed by atoms with E-state index < -0.39 is 126 Å². The normalized spacial score (nSPS) is 20.8. The van der Waals surface area contributed by atoms with Crippen molar-refractivity contribution in [2.24, 2.45) is 17.1 Å². The number of aliphatic hydroxyl groups is 2. The van der Waals surface area contributed by atoms with Crippen LogP contribution in [-0.4, -0.2) is 169 Å². The van der Waals surface area contributed by atoms with Gasteiger partial charge in [-0.3, -0.25) is 46.9 Å². The zero-order valence-electron chi connectivity index (χ0n) is 38.4. The number of carbonyl (C=O) groups excluding carboxylic acids is 5. The summed E-state index contributed by atoms with van der Waals surface area (Å²) in [5.41, 5.74) is 9.58. The molecular formula is C35H59N10O21P3S2. The number of amides is 4. The second-order valence-corrected chi connectivity index (χ2v) is 22.3. The van der Waals surface area contributed by atoms with Gasteiger partial charge in [0.05, 0.1) is 19.5 Å². The molecule has 2 aromatic rings. The van der Waals surface area contributed by atoms with Crippen LogP contribution in [-0.2, 0) is 65.1 Å². The summed E-state index contributed by atoms with van der Waals surface area (Å²) in [6, 6.07) is -3.21. The zero-order chi connectivity index (χ0) is 53.6. The van der Waals surface area contributed by atoms with Crippen molar-refractivity contribution in [3.63, 3.8) is 0 Å². The van der Waals surface area contributed by atoms with E-state index in [2.05, 4.69) is 57.7 Å². The summed E-state index contributed by atoms with van der Waals surface area (Å²) in [7, 11) is -16.6. The van der Waals surface area contributed by atoms with Gasteiger partial charge in [0.25, 0.3) is 0 Å². The molecule has 31 nitrogen and oxygen atoms in total. The fourth-order valence-corrected chi connectivity index (χ4v) is 10.2. The molecule has 402 valence electrons. The van der Waals surface area contributed by atoms with Crippen molar-refractivity contribution in [3.05, 3.63) is 12.7 Å². The molecule has 0 aromatic carbocycles. The van der Waals surface area contributed by atoms with Gasteiger partial charge < -0.3 is 72.4 Å². The van der Waals surface area contributed by atoms with Crippen LogP contribution in [0.4, 0.5) is 5.82 Å². The van der Waals surface area contributed by atoms with E-state index in [1.165, 1.54) is 13.8 Å². The monoisotopic (exact) mass is 1110 g/mol. The molecule has 10 unspecified atom stereocenters. The van der Waals surface area contributed by atoms with Gasteiger partial charge in [-0.15, -0.1) is 0 Å². The number of ether oxygens (including phenoxy) is 1. The number of phosphoric ester groups is 3. The van der Waals surface area contributed by atoms with Gasteiger partial charge in [0, 0.05) is 42.9 Å². The Hall–Kier alpha value is -3.72. The zero-order valence-corrected chi connectivity index (χ0v) is 42.8. The molecule has 3 rings (SSSR count). The van der Waals surface area contributed by atoms with Gasteiger partial charge in [0.15, 0.2) is 17.7 Å². The molecule has 0 aliphatic carbocycles. The topological polar surface area (TPSA) is 485 Å². The van der Waals surface area contributed by atoms with Crippen LogP contribution < -0.4 is 32.7 Å². The summed E-state index contributed by atoms with van der Waals surface area (Å²) in [4.78, 5) is 125. The molecule has 2 aromatic heterocycles. The molecule has 1 aliphatic heterocycles. The molecule has 0 saturated carbocycles. The highest BCUT2D eigenvalue weighted by Crippen LogP contribution is 2.61. The van der Waals surface area contributed by atoms with Gasteiger partial charge in [0.2, 0.25) is 28.7 Å². The minimum atomic E-state index is -5.63. The number of aliphatic carboxylic acids is 1. The number of rotatable bonds is 30. The minimum absolute atomic E-state index is 0.00736. The van der Waals surface area contributed by atoms with Crippen LogP contribution in [0, 0.1) is 11.3 Å². The first-order valence-corrected chi connectivity index (χ1v) is 27.3. The molecule has 4 amide bonds. The Bertz CT molecular complexity index is 2350. The highest BCUT2D eigenvalue weighted by Gasteiger charge is 2.50. The van der Waals surface area contributed by atoms with E-state index in [1.54, 1.807) is 13.8 Å². The standard InChI is InChI=1S/C35H59N10O21P3S2/c1-17(2)23(44-30(50)19(13-70)43-22(47)7-5-6-18(36)33(52)53)34(54)71-11-10-38-21(46)8-9-39-31(51)27(49)35(3,4)14-63-69(60,61)66-68(58,59)62-12-20-26(65-67(55,56)57)25(48)32(64-20)45-16-42-24-28(37)40-15-41-29(24)45/h15-20,23,25-27,32,48-49,70H,5-14,36H2,1-4H3,(H,38,46)(H,39,51)(H,43,47)(H,44,50)(H,52,53)(H,58,59)(H,60,61)(H2,37,40,41)(H2,55,56,57). The average Bonchev–Trinajstić information content (AvgIpc) is 3.83. The number of aromatic nitrogens is 4. The molecule has 0 radical (unpaired) electrons. The fraction of sp³-hybridized carbons (Fsp3) is 0.686. The number of nitrogen functional groups attached to an aromatic ring is 1. The van der Waals surface area contributed by atoms with E-state index in [-0.39, 0.29) is 73.2 Å². The van der Waals surface area contributed by atoms with E-state index in [0.717, 1.165) is 29.0 Å². The Morgan fingerprint density at radius 3 is 2.24 bits per heavy atom. The maximum atomic E-state index is 13.0. The van der Waals surface area contributed by atoms with Crippen molar-refractivity contribution in [2.45, 2.75) is 102 Å². The first-order chi connectivity index (χ1) is 32.9. The number of fused-ring (bicyclic) bond motifs is 1. The summed E-state index contributed by atoms with van der Waals surface area (Å²) in [5.74, 6) is -4.49. The van der Waals surface area contributed by atoms with E-state index in [1.807, 2.05) is 0 Å². The van der Waals surface area contributed by atoms with Crippen molar-refractivity contribution < 1.29 is 100.0 Å². The van der Waals surface area contributed by atoms with E-state index in [0.29, 0.717) is 0 Å². The lowest BCUT2D eigenvalue weighted by atomic mass is 9.87. The van der Waals surface area contributed by atoms with Crippen LogP contribution in [0.3, 0.4) is 0 Å². The lowest BCUT2D eigenvalue weighted by molar-refractivity contribution is -0.139. The van der Waals surface area contributed by atoms with Gasteiger partial charge in [0.1, 0.15) is 54.4 Å².